The molecule has 0 saturated heterocycles. The molecule has 31 heavy (non-hydrogen) atoms. The van der Waals surface area contributed by atoms with Gasteiger partial charge in [-0.2, -0.15) is 0 Å². The number of methoxy groups -OCH3 is 2. The second kappa shape index (κ2) is 8.58. The number of esters is 1. The van der Waals surface area contributed by atoms with Crippen LogP contribution in [0, 0.1) is 0 Å². The number of nitrogens with two attached hydrogens (primary N) is 1. The first kappa shape index (κ1) is 21.2. The highest BCUT2D eigenvalue weighted by Crippen LogP contribution is 2.45. The smallest absolute Gasteiger partial charge is 0.307 e. The summed E-state index contributed by atoms with van der Waals surface area (Å²) >= 11 is 1.19. The topological polar surface area (TPSA) is 108 Å². The minimum Gasteiger partial charge on any atom is -0.493 e. The molecule has 0 bridgehead atoms. The van der Waals surface area contributed by atoms with Gasteiger partial charge in [-0.3, -0.25) is 19.3 Å². The Morgan fingerprint density at radius 2 is 1.84 bits per heavy atom. The third kappa shape index (κ3) is 3.85. The summed E-state index contributed by atoms with van der Waals surface area (Å²) in [6, 6.07) is 5.44. The Morgan fingerprint density at radius 3 is 2.52 bits per heavy atom. The van der Waals surface area contributed by atoms with Gasteiger partial charge < -0.3 is 19.9 Å². The van der Waals surface area contributed by atoms with Gasteiger partial charge in [-0.05, 0) is 49.4 Å². The maximum atomic E-state index is 13.1. The Labute approximate surface area is 183 Å². The fourth-order valence-electron chi connectivity index (χ4n) is 4.03. The van der Waals surface area contributed by atoms with Crippen molar-refractivity contribution in [2.75, 3.05) is 26.5 Å². The summed E-state index contributed by atoms with van der Waals surface area (Å²) in [6.07, 6.45) is 4.34. The molecule has 2 aliphatic rings. The standard InChI is InChI=1S/C22H24N2O6S/c1-28-14-8-7-12(11-15(14)30-13-5-3-4-6-13)19-17-18(20(23)31-19)22(27)24(21(17)26)10-9-16(25)29-2/h7-8,11,13H,3-6,9-10,23H2,1-2H3. The molecule has 1 aromatic carbocycles. The summed E-state index contributed by atoms with van der Waals surface area (Å²) in [6.45, 7) is -0.0543. The second-order valence-electron chi connectivity index (χ2n) is 7.52. The number of amides is 2. The third-order valence-electron chi connectivity index (χ3n) is 5.64. The molecule has 8 nitrogen and oxygen atoms in total. The van der Waals surface area contributed by atoms with Crippen LogP contribution < -0.4 is 15.2 Å². The van der Waals surface area contributed by atoms with Crippen LogP contribution in [0.1, 0.15) is 52.8 Å². The SMILES string of the molecule is COC(=O)CCN1C(=O)c2c(N)sc(-c3ccc(OC)c(OC4CCCC4)c3)c2C1=O. The van der Waals surface area contributed by atoms with Gasteiger partial charge in [0, 0.05) is 6.54 Å². The van der Waals surface area contributed by atoms with Crippen LogP contribution in [0.25, 0.3) is 10.4 Å². The Morgan fingerprint density at radius 1 is 1.13 bits per heavy atom. The molecular formula is C22H24N2O6S. The predicted molar refractivity (Wildman–Crippen MR) is 116 cm³/mol. The number of thiophene rings is 1. The van der Waals surface area contributed by atoms with Crippen molar-refractivity contribution in [1.82, 2.24) is 4.90 Å². The van der Waals surface area contributed by atoms with Gasteiger partial charge in [0.05, 0.1) is 42.7 Å². The Kier molecular flexibility index (Phi) is 5.86. The lowest BCUT2D eigenvalue weighted by Gasteiger charge is -2.17. The maximum Gasteiger partial charge on any atom is 0.307 e. The zero-order valence-electron chi connectivity index (χ0n) is 17.4. The molecule has 9 heteroatoms. The van der Waals surface area contributed by atoms with Crippen LogP contribution in [-0.4, -0.2) is 49.6 Å². The number of carbonyl (C=O) groups is 3. The number of imide groups is 1. The van der Waals surface area contributed by atoms with Gasteiger partial charge in [-0.15, -0.1) is 11.3 Å². The molecule has 0 unspecified atom stereocenters. The van der Waals surface area contributed by atoms with Crippen LogP contribution in [-0.2, 0) is 9.53 Å². The number of fused-ring (bicyclic) bond motifs is 1. The van der Waals surface area contributed by atoms with Gasteiger partial charge in [0.25, 0.3) is 11.8 Å². The summed E-state index contributed by atoms with van der Waals surface area (Å²) in [5.41, 5.74) is 7.32. The number of carbonyl (C=O) groups excluding carboxylic acids is 3. The van der Waals surface area contributed by atoms with E-state index in [0.717, 1.165) is 36.1 Å². The first-order chi connectivity index (χ1) is 14.9. The highest BCUT2D eigenvalue weighted by Gasteiger charge is 2.41. The number of ether oxygens (including phenoxy) is 3. The molecule has 2 N–H and O–H groups in total. The van der Waals surface area contributed by atoms with Crippen molar-refractivity contribution >= 4 is 34.1 Å². The summed E-state index contributed by atoms with van der Waals surface area (Å²) in [5, 5.41) is 0.276. The van der Waals surface area contributed by atoms with E-state index in [2.05, 4.69) is 4.74 Å². The lowest BCUT2D eigenvalue weighted by atomic mass is 10.1. The first-order valence-corrected chi connectivity index (χ1v) is 11.0. The van der Waals surface area contributed by atoms with Crippen LogP contribution in [0.2, 0.25) is 0 Å². The maximum absolute atomic E-state index is 13.1. The Hall–Kier alpha value is -3.07. The molecular weight excluding hydrogens is 420 g/mol. The molecule has 0 radical (unpaired) electrons. The average molecular weight is 445 g/mol. The third-order valence-corrected chi connectivity index (χ3v) is 6.71. The van der Waals surface area contributed by atoms with Gasteiger partial charge in [0.2, 0.25) is 0 Å². The minimum atomic E-state index is -0.493. The van der Waals surface area contributed by atoms with Gasteiger partial charge in [-0.25, -0.2) is 0 Å². The highest BCUT2D eigenvalue weighted by molar-refractivity contribution is 7.20. The van der Waals surface area contributed by atoms with Crippen molar-refractivity contribution in [1.29, 1.82) is 0 Å². The van der Waals surface area contributed by atoms with Crippen LogP contribution in [0.4, 0.5) is 5.00 Å². The molecule has 1 aromatic heterocycles. The van der Waals surface area contributed by atoms with E-state index in [0.29, 0.717) is 16.4 Å². The quantitative estimate of drug-likeness (QED) is 0.514. The Balaban J connectivity index is 1.68. The molecule has 2 aromatic rings. The van der Waals surface area contributed by atoms with Crippen LogP contribution in [0.5, 0.6) is 11.5 Å². The molecule has 1 saturated carbocycles. The van der Waals surface area contributed by atoms with Gasteiger partial charge in [-0.1, -0.05) is 0 Å². The van der Waals surface area contributed by atoms with E-state index in [1.165, 1.54) is 18.4 Å². The molecule has 164 valence electrons. The van der Waals surface area contributed by atoms with Crippen molar-refractivity contribution in [2.45, 2.75) is 38.2 Å². The van der Waals surface area contributed by atoms with Crippen LogP contribution in [0.3, 0.4) is 0 Å². The number of anilines is 1. The zero-order valence-corrected chi connectivity index (χ0v) is 18.3. The number of hydrogen-bond donors (Lipinski definition) is 1. The van der Waals surface area contributed by atoms with E-state index >= 15 is 0 Å². The van der Waals surface area contributed by atoms with E-state index < -0.39 is 17.8 Å². The molecule has 1 aliphatic heterocycles. The lowest BCUT2D eigenvalue weighted by molar-refractivity contribution is -0.140. The zero-order chi connectivity index (χ0) is 22.1. The predicted octanol–water partition coefficient (Wildman–Crippen LogP) is 3.49. The number of nitrogens with zero attached hydrogens (tertiary/aromatic N) is 1. The molecule has 1 fully saturated rings. The molecule has 0 atom stereocenters. The number of benzene rings is 1. The van der Waals surface area contributed by atoms with Crippen LogP contribution in [0.15, 0.2) is 18.2 Å². The van der Waals surface area contributed by atoms with E-state index in [-0.39, 0.29) is 35.2 Å². The molecule has 0 spiro atoms. The summed E-state index contributed by atoms with van der Waals surface area (Å²) in [7, 11) is 2.84. The summed E-state index contributed by atoms with van der Waals surface area (Å²) < 4.78 is 16.2. The van der Waals surface area contributed by atoms with E-state index in [9.17, 15) is 14.4 Å². The molecule has 4 rings (SSSR count). The normalized spacial score (nSPS) is 16.0. The number of hydrogen-bond acceptors (Lipinski definition) is 8. The molecule has 2 amide bonds. The fourth-order valence-corrected chi connectivity index (χ4v) is 5.08. The fraction of sp³-hybridized carbons (Fsp3) is 0.409. The van der Waals surface area contributed by atoms with Crippen molar-refractivity contribution in [3.8, 4) is 21.9 Å². The highest BCUT2D eigenvalue weighted by atomic mass is 32.1. The van der Waals surface area contributed by atoms with Crippen molar-refractivity contribution in [3.05, 3.63) is 29.3 Å². The number of rotatable bonds is 7. The largest absolute Gasteiger partial charge is 0.493 e. The summed E-state index contributed by atoms with van der Waals surface area (Å²) in [4.78, 5) is 39.0. The van der Waals surface area contributed by atoms with Gasteiger partial charge >= 0.3 is 5.97 Å². The Bertz CT molecular complexity index is 1040. The van der Waals surface area contributed by atoms with Crippen molar-refractivity contribution in [3.63, 3.8) is 0 Å². The molecule has 2 heterocycles. The number of nitrogen functional groups attached to an aromatic ring is 1. The molecule has 1 aliphatic carbocycles. The van der Waals surface area contributed by atoms with Gasteiger partial charge in [0.1, 0.15) is 5.00 Å². The van der Waals surface area contributed by atoms with Crippen LogP contribution >= 0.6 is 11.3 Å². The monoisotopic (exact) mass is 444 g/mol. The minimum absolute atomic E-state index is 0.0543. The van der Waals surface area contributed by atoms with Crippen molar-refractivity contribution in [2.24, 2.45) is 0 Å². The van der Waals surface area contributed by atoms with E-state index in [1.807, 2.05) is 12.1 Å². The van der Waals surface area contributed by atoms with E-state index in [1.54, 1.807) is 13.2 Å². The van der Waals surface area contributed by atoms with E-state index in [4.69, 9.17) is 15.2 Å². The lowest BCUT2D eigenvalue weighted by Crippen LogP contribution is -2.32. The first-order valence-electron chi connectivity index (χ1n) is 10.1. The van der Waals surface area contributed by atoms with Gasteiger partial charge in [0.15, 0.2) is 11.5 Å². The summed E-state index contributed by atoms with van der Waals surface area (Å²) in [5.74, 6) is -0.223. The second-order valence-corrected chi connectivity index (χ2v) is 8.58. The van der Waals surface area contributed by atoms with Crippen molar-refractivity contribution < 1.29 is 28.6 Å². The average Bonchev–Trinajstić information content (AvgIpc) is 3.45.